The molecule has 1 amide bonds. The van der Waals surface area contributed by atoms with Crippen molar-refractivity contribution in [2.45, 2.75) is 6.92 Å². The maximum Gasteiger partial charge on any atom is 0.338 e. The topological polar surface area (TPSA) is 99.0 Å². The van der Waals surface area contributed by atoms with Crippen molar-refractivity contribution < 1.29 is 14.3 Å². The zero-order valence-electron chi connectivity index (χ0n) is 13.4. The van der Waals surface area contributed by atoms with Gasteiger partial charge in [0.25, 0.3) is 5.91 Å². The number of hydrogen-bond donors (Lipinski definition) is 1. The summed E-state index contributed by atoms with van der Waals surface area (Å²) in [5, 5.41) is 10.6. The maximum absolute atomic E-state index is 12.2. The van der Waals surface area contributed by atoms with Crippen molar-refractivity contribution in [1.29, 1.82) is 0 Å². The number of ether oxygens (including phenoxy) is 1. The van der Waals surface area contributed by atoms with E-state index in [0.717, 1.165) is 0 Å². The molecule has 8 heteroatoms. The van der Waals surface area contributed by atoms with Crippen LogP contribution in [0.3, 0.4) is 0 Å². The molecule has 1 aromatic carbocycles. The molecule has 0 bridgehead atoms. The van der Waals surface area contributed by atoms with E-state index >= 15 is 0 Å². The molecule has 0 aliphatic heterocycles. The first-order valence-electron chi connectivity index (χ1n) is 7.58. The molecule has 8 nitrogen and oxygen atoms in total. The summed E-state index contributed by atoms with van der Waals surface area (Å²) in [5.74, 6) is -0.234. The quantitative estimate of drug-likeness (QED) is 0.716. The van der Waals surface area contributed by atoms with Crippen LogP contribution in [0.4, 0.5) is 5.69 Å². The molecule has 126 valence electrons. The lowest BCUT2D eigenvalue weighted by molar-refractivity contribution is 0.0526. The average Bonchev–Trinajstić information content (AvgIpc) is 3.17. The molecule has 25 heavy (non-hydrogen) atoms. The number of nitrogens with one attached hydrogen (secondary N) is 1. The highest BCUT2D eigenvalue weighted by Gasteiger charge is 2.10. The predicted octanol–water partition coefficient (Wildman–Crippen LogP) is 2.09. The number of carbonyl (C=O) groups excluding carboxylic acids is 2. The Bertz CT molecular complexity index is 858. The lowest BCUT2D eigenvalue weighted by Gasteiger charge is -2.06. The normalized spacial score (nSPS) is 10.3. The fraction of sp³-hybridized carbons (Fsp3) is 0.118. The highest BCUT2D eigenvalue weighted by molar-refractivity contribution is 6.03. The third-order valence-electron chi connectivity index (χ3n) is 3.31. The van der Waals surface area contributed by atoms with Crippen LogP contribution in [-0.2, 0) is 4.74 Å². The molecule has 0 radical (unpaired) electrons. The zero-order chi connectivity index (χ0) is 17.6. The Balaban J connectivity index is 1.66. The van der Waals surface area contributed by atoms with Gasteiger partial charge in [-0.3, -0.25) is 9.36 Å². The van der Waals surface area contributed by atoms with E-state index in [1.807, 2.05) is 0 Å². The van der Waals surface area contributed by atoms with E-state index < -0.39 is 11.9 Å². The zero-order valence-corrected chi connectivity index (χ0v) is 13.4. The second kappa shape index (κ2) is 7.35. The minimum Gasteiger partial charge on any atom is -0.462 e. The van der Waals surface area contributed by atoms with Gasteiger partial charge in [0, 0.05) is 18.1 Å². The van der Waals surface area contributed by atoms with Crippen LogP contribution < -0.4 is 5.32 Å². The molecule has 2 aromatic heterocycles. The van der Waals surface area contributed by atoms with E-state index in [0.29, 0.717) is 23.7 Å². The van der Waals surface area contributed by atoms with Crippen molar-refractivity contribution in [2.75, 3.05) is 11.9 Å². The Labute approximate surface area is 143 Å². The summed E-state index contributed by atoms with van der Waals surface area (Å²) in [4.78, 5) is 27.7. The lowest BCUT2D eigenvalue weighted by Crippen LogP contribution is -2.15. The van der Waals surface area contributed by atoms with Crippen LogP contribution in [0.1, 0.15) is 27.8 Å². The molecular formula is C17H15N5O3. The number of esters is 1. The third kappa shape index (κ3) is 3.86. The van der Waals surface area contributed by atoms with Crippen molar-refractivity contribution in [3.8, 4) is 5.82 Å². The van der Waals surface area contributed by atoms with Crippen molar-refractivity contribution >= 4 is 17.6 Å². The first-order chi connectivity index (χ1) is 12.2. The summed E-state index contributed by atoms with van der Waals surface area (Å²) >= 11 is 0. The second-order valence-electron chi connectivity index (χ2n) is 5.00. The van der Waals surface area contributed by atoms with Gasteiger partial charge in [-0.25, -0.2) is 9.78 Å². The molecular weight excluding hydrogens is 322 g/mol. The Morgan fingerprint density at radius 1 is 1.12 bits per heavy atom. The smallest absolute Gasteiger partial charge is 0.338 e. The molecule has 2 heterocycles. The summed E-state index contributed by atoms with van der Waals surface area (Å²) in [6, 6.07) is 9.66. The molecule has 0 spiro atoms. The fourth-order valence-corrected chi connectivity index (χ4v) is 2.08. The minimum absolute atomic E-state index is 0.179. The highest BCUT2D eigenvalue weighted by Crippen LogP contribution is 2.12. The monoisotopic (exact) mass is 337 g/mol. The van der Waals surface area contributed by atoms with Gasteiger partial charge in [0.15, 0.2) is 11.5 Å². The van der Waals surface area contributed by atoms with Gasteiger partial charge in [0.05, 0.1) is 12.2 Å². The molecule has 0 aliphatic rings. The van der Waals surface area contributed by atoms with Gasteiger partial charge in [-0.15, -0.1) is 10.2 Å². The predicted molar refractivity (Wildman–Crippen MR) is 89.5 cm³/mol. The Morgan fingerprint density at radius 2 is 1.92 bits per heavy atom. The molecule has 3 aromatic rings. The number of imidazole rings is 1. The van der Waals surface area contributed by atoms with Crippen LogP contribution in [-0.4, -0.2) is 38.2 Å². The van der Waals surface area contributed by atoms with Crippen molar-refractivity contribution in [3.63, 3.8) is 0 Å². The highest BCUT2D eigenvalue weighted by atomic mass is 16.5. The largest absolute Gasteiger partial charge is 0.462 e. The first kappa shape index (κ1) is 16.3. The van der Waals surface area contributed by atoms with Crippen LogP contribution in [0.2, 0.25) is 0 Å². The number of nitrogens with zero attached hydrogens (tertiary/aromatic N) is 4. The molecule has 0 atom stereocenters. The van der Waals surface area contributed by atoms with Gasteiger partial charge >= 0.3 is 5.97 Å². The molecule has 0 aliphatic carbocycles. The number of amides is 1. The number of aromatic nitrogens is 4. The van der Waals surface area contributed by atoms with E-state index in [4.69, 9.17) is 4.74 Å². The van der Waals surface area contributed by atoms with Crippen molar-refractivity contribution in [2.24, 2.45) is 0 Å². The number of carbonyl (C=O) groups is 2. The molecule has 0 saturated carbocycles. The summed E-state index contributed by atoms with van der Waals surface area (Å²) in [5.41, 5.74) is 1.14. The minimum atomic E-state index is -0.402. The van der Waals surface area contributed by atoms with Crippen LogP contribution in [0.5, 0.6) is 0 Å². The third-order valence-corrected chi connectivity index (χ3v) is 3.31. The Hall–Kier alpha value is -3.55. The average molecular weight is 337 g/mol. The number of hydrogen-bond acceptors (Lipinski definition) is 6. The van der Waals surface area contributed by atoms with Crippen LogP contribution >= 0.6 is 0 Å². The second-order valence-corrected chi connectivity index (χ2v) is 5.00. The van der Waals surface area contributed by atoms with Crippen molar-refractivity contribution in [3.05, 3.63) is 66.4 Å². The van der Waals surface area contributed by atoms with Gasteiger partial charge in [-0.05, 0) is 43.3 Å². The summed E-state index contributed by atoms with van der Waals surface area (Å²) < 4.78 is 6.59. The fourth-order valence-electron chi connectivity index (χ4n) is 2.08. The van der Waals surface area contributed by atoms with Gasteiger partial charge < -0.3 is 10.1 Å². The summed E-state index contributed by atoms with van der Waals surface area (Å²) in [6.45, 7) is 2.05. The summed E-state index contributed by atoms with van der Waals surface area (Å²) in [6.07, 6.45) is 4.95. The molecule has 0 saturated heterocycles. The molecule has 0 fully saturated rings. The SMILES string of the molecule is CCOC(=O)c1ccc(NC(=O)c2ccc(-n3ccnc3)nn2)cc1. The van der Waals surface area contributed by atoms with Crippen LogP contribution in [0.25, 0.3) is 5.82 Å². The van der Waals surface area contributed by atoms with Gasteiger partial charge in [-0.2, -0.15) is 0 Å². The van der Waals surface area contributed by atoms with E-state index in [1.165, 1.54) is 0 Å². The maximum atomic E-state index is 12.2. The van der Waals surface area contributed by atoms with Crippen LogP contribution in [0, 0.1) is 0 Å². The van der Waals surface area contributed by atoms with E-state index in [2.05, 4.69) is 20.5 Å². The Kier molecular flexibility index (Phi) is 4.79. The molecule has 3 rings (SSSR count). The van der Waals surface area contributed by atoms with Gasteiger partial charge in [0.1, 0.15) is 6.33 Å². The number of rotatable bonds is 5. The number of benzene rings is 1. The molecule has 0 unspecified atom stereocenters. The van der Waals surface area contributed by atoms with Gasteiger partial charge in [-0.1, -0.05) is 0 Å². The van der Waals surface area contributed by atoms with E-state index in [-0.39, 0.29) is 5.69 Å². The molecule has 1 N–H and O–H groups in total. The van der Waals surface area contributed by atoms with Crippen molar-refractivity contribution in [1.82, 2.24) is 19.7 Å². The first-order valence-corrected chi connectivity index (χ1v) is 7.58. The number of anilines is 1. The van der Waals surface area contributed by atoms with E-state index in [9.17, 15) is 9.59 Å². The van der Waals surface area contributed by atoms with Gasteiger partial charge in [0.2, 0.25) is 0 Å². The lowest BCUT2D eigenvalue weighted by atomic mass is 10.2. The van der Waals surface area contributed by atoms with Crippen LogP contribution in [0.15, 0.2) is 55.1 Å². The standard InChI is InChI=1S/C17H15N5O3/c1-2-25-17(24)12-3-5-13(6-4-12)19-16(23)14-7-8-15(21-20-14)22-10-9-18-11-22/h3-11H,2H2,1H3,(H,19,23). The summed E-state index contributed by atoms with van der Waals surface area (Å²) in [7, 11) is 0. The van der Waals surface area contributed by atoms with E-state index in [1.54, 1.807) is 66.6 Å². The Morgan fingerprint density at radius 3 is 2.52 bits per heavy atom.